The lowest BCUT2D eigenvalue weighted by molar-refractivity contribution is 0.594. The molecular weight excluding hydrogens is 331 g/mol. The van der Waals surface area contributed by atoms with Gasteiger partial charge in [0.05, 0.1) is 22.2 Å². The van der Waals surface area contributed by atoms with Crippen molar-refractivity contribution in [2.24, 2.45) is 0 Å². The lowest BCUT2D eigenvalue weighted by atomic mass is 10.2. The Morgan fingerprint density at radius 1 is 1.10 bits per heavy atom. The summed E-state index contributed by atoms with van der Waals surface area (Å²) in [5, 5.41) is 9.36. The number of anilines is 1. The van der Waals surface area contributed by atoms with Gasteiger partial charge in [-0.15, -0.1) is 0 Å². The molecule has 0 radical (unpaired) electrons. The summed E-state index contributed by atoms with van der Waals surface area (Å²) in [6.07, 6.45) is 0. The number of rotatable bonds is 3. The summed E-state index contributed by atoms with van der Waals surface area (Å²) in [6.45, 7) is 0. The fraction of sp³-hybridized carbons (Fsp3) is 0.0714. The largest absolute Gasteiger partial charge is 0.269 e. The van der Waals surface area contributed by atoms with E-state index in [1.165, 1.54) is 31.3 Å². The predicted molar refractivity (Wildman–Crippen MR) is 83.2 cm³/mol. The molecule has 7 heteroatoms. The molecule has 2 aromatic rings. The Bertz CT molecular complexity index is 809. The summed E-state index contributed by atoms with van der Waals surface area (Å²) in [5.41, 5.74) is 0.754. The topological polar surface area (TPSA) is 61.2 Å². The third kappa shape index (κ3) is 3.30. The van der Waals surface area contributed by atoms with E-state index in [1.807, 2.05) is 6.07 Å². The number of hydrogen-bond acceptors (Lipinski definition) is 3. The first kappa shape index (κ1) is 15.6. The zero-order valence-corrected chi connectivity index (χ0v) is 13.2. The third-order valence-electron chi connectivity index (χ3n) is 2.83. The van der Waals surface area contributed by atoms with Crippen LogP contribution in [0.4, 0.5) is 5.69 Å². The van der Waals surface area contributed by atoms with Gasteiger partial charge in [-0.05, 0) is 36.4 Å². The van der Waals surface area contributed by atoms with E-state index in [4.69, 9.17) is 28.5 Å². The highest BCUT2D eigenvalue weighted by atomic mass is 35.5. The number of hydrogen-bond donors (Lipinski definition) is 0. The van der Waals surface area contributed by atoms with Gasteiger partial charge >= 0.3 is 0 Å². The van der Waals surface area contributed by atoms with E-state index in [0.717, 1.165) is 4.31 Å². The minimum Gasteiger partial charge on any atom is -0.269 e. The molecule has 2 rings (SSSR count). The second-order valence-corrected chi connectivity index (χ2v) is 7.08. The summed E-state index contributed by atoms with van der Waals surface area (Å²) in [4.78, 5) is -0.00939. The van der Waals surface area contributed by atoms with E-state index in [-0.39, 0.29) is 14.9 Å². The fourth-order valence-electron chi connectivity index (χ4n) is 1.75. The molecule has 2 aromatic carbocycles. The van der Waals surface area contributed by atoms with Gasteiger partial charge in [0.2, 0.25) is 0 Å². The van der Waals surface area contributed by atoms with Gasteiger partial charge < -0.3 is 0 Å². The minimum absolute atomic E-state index is 0.00939. The SMILES string of the molecule is CN(c1cccc(C#N)c1)S(=O)(=O)c1cc(Cl)cc(Cl)c1. The number of halogens is 2. The quantitative estimate of drug-likeness (QED) is 0.855. The monoisotopic (exact) mass is 340 g/mol. The van der Waals surface area contributed by atoms with E-state index in [2.05, 4.69) is 0 Å². The Morgan fingerprint density at radius 3 is 2.29 bits per heavy atom. The maximum Gasteiger partial charge on any atom is 0.264 e. The first-order chi connectivity index (χ1) is 9.84. The van der Waals surface area contributed by atoms with Gasteiger partial charge in [0.1, 0.15) is 0 Å². The van der Waals surface area contributed by atoms with Crippen LogP contribution in [-0.4, -0.2) is 15.5 Å². The Kier molecular flexibility index (Phi) is 4.43. The number of nitriles is 1. The van der Waals surface area contributed by atoms with Crippen molar-refractivity contribution < 1.29 is 8.42 Å². The van der Waals surface area contributed by atoms with E-state index in [1.54, 1.807) is 18.2 Å². The summed E-state index contributed by atoms with van der Waals surface area (Å²) in [6, 6.07) is 12.4. The molecule has 0 bridgehead atoms. The van der Waals surface area contributed by atoms with Crippen LogP contribution in [0.3, 0.4) is 0 Å². The maximum absolute atomic E-state index is 12.6. The van der Waals surface area contributed by atoms with Crippen LogP contribution in [-0.2, 0) is 10.0 Å². The molecule has 0 aromatic heterocycles. The van der Waals surface area contributed by atoms with Gasteiger partial charge in [0, 0.05) is 17.1 Å². The molecular formula is C14H10Cl2N2O2S. The molecule has 0 unspecified atom stereocenters. The summed E-state index contributed by atoms with van der Waals surface area (Å²) in [5.74, 6) is 0. The highest BCUT2D eigenvalue weighted by Crippen LogP contribution is 2.27. The second kappa shape index (κ2) is 5.94. The van der Waals surface area contributed by atoms with Crippen molar-refractivity contribution in [3.63, 3.8) is 0 Å². The molecule has 0 spiro atoms. The average molecular weight is 341 g/mol. The molecule has 0 heterocycles. The molecule has 0 aliphatic carbocycles. The molecule has 0 aliphatic heterocycles. The Hall–Kier alpha value is -1.74. The number of sulfonamides is 1. The summed E-state index contributed by atoms with van der Waals surface area (Å²) in [7, 11) is -2.40. The van der Waals surface area contributed by atoms with Gasteiger partial charge in [0.25, 0.3) is 10.0 Å². The van der Waals surface area contributed by atoms with Gasteiger partial charge in [-0.2, -0.15) is 5.26 Å². The average Bonchev–Trinajstić information content (AvgIpc) is 2.45. The first-order valence-corrected chi connectivity index (χ1v) is 7.99. The smallest absolute Gasteiger partial charge is 0.264 e. The number of nitrogens with zero attached hydrogens (tertiary/aromatic N) is 2. The number of benzene rings is 2. The van der Waals surface area contributed by atoms with Crippen molar-refractivity contribution in [3.05, 3.63) is 58.1 Å². The highest BCUT2D eigenvalue weighted by molar-refractivity contribution is 7.92. The van der Waals surface area contributed by atoms with Crippen LogP contribution in [0.25, 0.3) is 0 Å². The minimum atomic E-state index is -3.81. The molecule has 0 atom stereocenters. The van der Waals surface area contributed by atoms with E-state index < -0.39 is 10.0 Å². The van der Waals surface area contributed by atoms with Crippen LogP contribution in [0.5, 0.6) is 0 Å². The van der Waals surface area contributed by atoms with Gasteiger partial charge in [-0.3, -0.25) is 4.31 Å². The van der Waals surface area contributed by atoms with Crippen molar-refractivity contribution in [3.8, 4) is 6.07 Å². The van der Waals surface area contributed by atoms with Crippen LogP contribution in [0, 0.1) is 11.3 Å². The van der Waals surface area contributed by atoms with Crippen molar-refractivity contribution in [1.82, 2.24) is 0 Å². The van der Waals surface area contributed by atoms with Crippen LogP contribution >= 0.6 is 23.2 Å². The molecule has 0 aliphatic rings. The van der Waals surface area contributed by atoms with Crippen molar-refractivity contribution in [2.75, 3.05) is 11.4 Å². The fourth-order valence-corrected chi connectivity index (χ4v) is 3.66. The van der Waals surface area contributed by atoms with Crippen molar-refractivity contribution >= 4 is 38.9 Å². The lowest BCUT2D eigenvalue weighted by Gasteiger charge is -2.20. The second-order valence-electron chi connectivity index (χ2n) is 4.24. The zero-order chi connectivity index (χ0) is 15.6. The van der Waals surface area contributed by atoms with Crippen molar-refractivity contribution in [1.29, 1.82) is 5.26 Å². The maximum atomic E-state index is 12.6. The predicted octanol–water partition coefficient (Wildman–Crippen LogP) is 3.69. The summed E-state index contributed by atoms with van der Waals surface area (Å²) < 4.78 is 26.2. The molecule has 21 heavy (non-hydrogen) atoms. The molecule has 4 nitrogen and oxygen atoms in total. The molecule has 108 valence electrons. The van der Waals surface area contributed by atoms with Crippen LogP contribution in [0.1, 0.15) is 5.56 Å². The first-order valence-electron chi connectivity index (χ1n) is 5.80. The van der Waals surface area contributed by atoms with Crippen molar-refractivity contribution in [2.45, 2.75) is 4.90 Å². The standard InChI is InChI=1S/C14H10Cl2N2O2S/c1-18(13-4-2-3-10(5-13)9-17)21(19,20)14-7-11(15)6-12(16)8-14/h2-8H,1H3. The van der Waals surface area contributed by atoms with Gasteiger partial charge in [0.15, 0.2) is 0 Å². The lowest BCUT2D eigenvalue weighted by Crippen LogP contribution is -2.26. The van der Waals surface area contributed by atoms with Gasteiger partial charge in [-0.25, -0.2) is 8.42 Å². The van der Waals surface area contributed by atoms with E-state index in [9.17, 15) is 8.42 Å². The van der Waals surface area contributed by atoms with Gasteiger partial charge in [-0.1, -0.05) is 29.3 Å². The molecule has 0 saturated heterocycles. The highest BCUT2D eigenvalue weighted by Gasteiger charge is 2.22. The molecule has 0 saturated carbocycles. The normalized spacial score (nSPS) is 11.0. The molecule has 0 amide bonds. The molecule has 0 fully saturated rings. The van der Waals surface area contributed by atoms with E-state index >= 15 is 0 Å². The van der Waals surface area contributed by atoms with Crippen LogP contribution in [0.2, 0.25) is 10.0 Å². The van der Waals surface area contributed by atoms with Crippen LogP contribution < -0.4 is 4.31 Å². The Balaban J connectivity index is 2.50. The Labute approximate surface area is 133 Å². The summed E-state index contributed by atoms with van der Waals surface area (Å²) >= 11 is 11.7. The van der Waals surface area contributed by atoms with Crippen LogP contribution in [0.15, 0.2) is 47.4 Å². The zero-order valence-electron chi connectivity index (χ0n) is 10.9. The van der Waals surface area contributed by atoms with E-state index in [0.29, 0.717) is 11.3 Å². The third-order valence-corrected chi connectivity index (χ3v) is 5.03. The molecule has 0 N–H and O–H groups in total. The Morgan fingerprint density at radius 2 is 1.71 bits per heavy atom.